The van der Waals surface area contributed by atoms with Gasteiger partial charge in [0, 0.05) is 5.41 Å². The van der Waals surface area contributed by atoms with Gasteiger partial charge in [-0.15, -0.1) is 0 Å². The minimum Gasteiger partial charge on any atom is -0.0622 e. The molecular weight excluding hydrogens is 204 g/mol. The maximum absolute atomic E-state index is 2.31. The van der Waals surface area contributed by atoms with Crippen LogP contribution in [0.3, 0.4) is 0 Å². The van der Waals surface area contributed by atoms with Crippen LogP contribution in [0.25, 0.3) is 0 Å². The van der Waals surface area contributed by atoms with E-state index >= 15 is 0 Å². The molecule has 2 aromatic rings. The Bertz CT molecular complexity index is 507. The molecule has 0 spiro atoms. The van der Waals surface area contributed by atoms with Crippen LogP contribution in [0.15, 0.2) is 48.5 Å². The van der Waals surface area contributed by atoms with Gasteiger partial charge in [0.2, 0.25) is 0 Å². The molecule has 0 saturated heterocycles. The Morgan fingerprint density at radius 2 is 1.47 bits per heavy atom. The molecule has 0 amide bonds. The van der Waals surface area contributed by atoms with E-state index in [1.807, 2.05) is 0 Å². The standard InChI is InChI=1S/C17H20/c1-13-10-11-14(2)16(12-13)17(3,4)15-8-6-5-7-9-15/h5-12H,1-4H3. The van der Waals surface area contributed by atoms with E-state index in [1.54, 1.807) is 0 Å². The molecule has 0 aliphatic rings. The summed E-state index contributed by atoms with van der Waals surface area (Å²) < 4.78 is 0. The van der Waals surface area contributed by atoms with Crippen LogP contribution in [-0.2, 0) is 5.41 Å². The highest BCUT2D eigenvalue weighted by molar-refractivity contribution is 5.43. The lowest BCUT2D eigenvalue weighted by Gasteiger charge is -2.28. The van der Waals surface area contributed by atoms with Gasteiger partial charge >= 0.3 is 0 Å². The molecule has 0 unspecified atom stereocenters. The van der Waals surface area contributed by atoms with Crippen LogP contribution in [0.2, 0.25) is 0 Å². The second kappa shape index (κ2) is 4.37. The van der Waals surface area contributed by atoms with Crippen LogP contribution in [0.4, 0.5) is 0 Å². The highest BCUT2D eigenvalue weighted by Gasteiger charge is 2.24. The fourth-order valence-corrected chi connectivity index (χ4v) is 2.42. The molecule has 17 heavy (non-hydrogen) atoms. The average Bonchev–Trinajstić information content (AvgIpc) is 2.33. The van der Waals surface area contributed by atoms with Gasteiger partial charge in [-0.25, -0.2) is 0 Å². The Balaban J connectivity index is 2.55. The molecule has 2 aromatic carbocycles. The van der Waals surface area contributed by atoms with Gasteiger partial charge in [0.15, 0.2) is 0 Å². The maximum Gasteiger partial charge on any atom is 0.0149 e. The quantitative estimate of drug-likeness (QED) is 0.697. The van der Waals surface area contributed by atoms with E-state index in [0.717, 1.165) is 0 Å². The van der Waals surface area contributed by atoms with Gasteiger partial charge in [-0.2, -0.15) is 0 Å². The first kappa shape index (κ1) is 11.9. The molecule has 0 radical (unpaired) electrons. The third-order valence-corrected chi connectivity index (χ3v) is 3.56. The van der Waals surface area contributed by atoms with Crippen molar-refractivity contribution in [1.82, 2.24) is 0 Å². The molecule has 0 N–H and O–H groups in total. The van der Waals surface area contributed by atoms with Crippen molar-refractivity contribution in [2.75, 3.05) is 0 Å². The van der Waals surface area contributed by atoms with Gasteiger partial charge in [0.25, 0.3) is 0 Å². The molecule has 0 nitrogen and oxygen atoms in total. The first-order valence-electron chi connectivity index (χ1n) is 6.15. The maximum atomic E-state index is 2.31. The smallest absolute Gasteiger partial charge is 0.0149 e. The first-order valence-corrected chi connectivity index (χ1v) is 6.15. The monoisotopic (exact) mass is 224 g/mol. The molecule has 88 valence electrons. The van der Waals surface area contributed by atoms with Crippen molar-refractivity contribution in [2.24, 2.45) is 0 Å². The molecule has 0 saturated carbocycles. The fourth-order valence-electron chi connectivity index (χ4n) is 2.42. The minimum absolute atomic E-state index is 0.0668. The van der Waals surface area contributed by atoms with Crippen LogP contribution in [0.5, 0.6) is 0 Å². The fraction of sp³-hybridized carbons (Fsp3) is 0.294. The van der Waals surface area contributed by atoms with Crippen molar-refractivity contribution in [1.29, 1.82) is 0 Å². The molecule has 0 fully saturated rings. The zero-order valence-corrected chi connectivity index (χ0v) is 11.1. The van der Waals surface area contributed by atoms with Gasteiger partial charge < -0.3 is 0 Å². The van der Waals surface area contributed by atoms with Gasteiger partial charge in [0.1, 0.15) is 0 Å². The lowest BCUT2D eigenvalue weighted by molar-refractivity contribution is 0.635. The second-order valence-electron chi connectivity index (χ2n) is 5.31. The molecule has 0 aliphatic carbocycles. The van der Waals surface area contributed by atoms with Gasteiger partial charge in [-0.1, -0.05) is 67.9 Å². The van der Waals surface area contributed by atoms with Gasteiger partial charge in [-0.3, -0.25) is 0 Å². The summed E-state index contributed by atoms with van der Waals surface area (Å²) in [5, 5.41) is 0. The summed E-state index contributed by atoms with van der Waals surface area (Å²) in [6, 6.07) is 17.4. The number of benzene rings is 2. The highest BCUT2D eigenvalue weighted by atomic mass is 14.3. The normalized spacial score (nSPS) is 11.5. The number of hydrogen-bond acceptors (Lipinski definition) is 0. The van der Waals surface area contributed by atoms with Crippen molar-refractivity contribution >= 4 is 0 Å². The van der Waals surface area contributed by atoms with E-state index in [0.29, 0.717) is 0 Å². The molecule has 0 aromatic heterocycles. The molecular formula is C17H20. The summed E-state index contributed by atoms with van der Waals surface area (Å²) in [4.78, 5) is 0. The zero-order chi connectivity index (χ0) is 12.5. The third-order valence-electron chi connectivity index (χ3n) is 3.56. The van der Waals surface area contributed by atoms with Crippen molar-refractivity contribution < 1.29 is 0 Å². The van der Waals surface area contributed by atoms with Gasteiger partial charge in [0.05, 0.1) is 0 Å². The Labute approximate surface area is 104 Å². The second-order valence-corrected chi connectivity index (χ2v) is 5.31. The van der Waals surface area contributed by atoms with Crippen molar-refractivity contribution in [3.8, 4) is 0 Å². The van der Waals surface area contributed by atoms with Crippen LogP contribution in [-0.4, -0.2) is 0 Å². The van der Waals surface area contributed by atoms with Gasteiger partial charge in [-0.05, 0) is 30.5 Å². The van der Waals surface area contributed by atoms with Crippen LogP contribution in [0.1, 0.15) is 36.1 Å². The number of hydrogen-bond donors (Lipinski definition) is 0. The summed E-state index contributed by atoms with van der Waals surface area (Å²) in [6.45, 7) is 8.94. The summed E-state index contributed by atoms with van der Waals surface area (Å²) in [5.41, 5.74) is 5.55. The molecule has 2 rings (SSSR count). The lowest BCUT2D eigenvalue weighted by atomic mass is 9.76. The van der Waals surface area contributed by atoms with Crippen LogP contribution < -0.4 is 0 Å². The Morgan fingerprint density at radius 3 is 2.12 bits per heavy atom. The minimum atomic E-state index is 0.0668. The largest absolute Gasteiger partial charge is 0.0622 e. The SMILES string of the molecule is Cc1ccc(C)c(C(C)(C)c2ccccc2)c1. The lowest BCUT2D eigenvalue weighted by Crippen LogP contribution is -2.20. The molecule has 0 heterocycles. The summed E-state index contributed by atoms with van der Waals surface area (Å²) in [7, 11) is 0. The Hall–Kier alpha value is -1.56. The Morgan fingerprint density at radius 1 is 0.824 bits per heavy atom. The van der Waals surface area contributed by atoms with Crippen LogP contribution >= 0.6 is 0 Å². The molecule has 0 atom stereocenters. The van der Waals surface area contributed by atoms with E-state index in [1.165, 1.54) is 22.3 Å². The molecule has 0 bridgehead atoms. The summed E-state index contributed by atoms with van der Waals surface area (Å²) >= 11 is 0. The number of rotatable bonds is 2. The van der Waals surface area contributed by atoms with E-state index in [9.17, 15) is 0 Å². The topological polar surface area (TPSA) is 0 Å². The van der Waals surface area contributed by atoms with Crippen molar-refractivity contribution in [2.45, 2.75) is 33.1 Å². The zero-order valence-electron chi connectivity index (χ0n) is 11.1. The van der Waals surface area contributed by atoms with Crippen molar-refractivity contribution in [3.05, 3.63) is 70.8 Å². The predicted octanol–water partition coefficient (Wildman–Crippen LogP) is 4.63. The van der Waals surface area contributed by atoms with E-state index in [2.05, 4.69) is 76.2 Å². The number of aryl methyl sites for hydroxylation is 2. The van der Waals surface area contributed by atoms with Crippen LogP contribution in [0, 0.1) is 13.8 Å². The van der Waals surface area contributed by atoms with E-state index in [4.69, 9.17) is 0 Å². The summed E-state index contributed by atoms with van der Waals surface area (Å²) in [6.07, 6.45) is 0. The average molecular weight is 224 g/mol. The highest BCUT2D eigenvalue weighted by Crippen LogP contribution is 2.33. The van der Waals surface area contributed by atoms with E-state index in [-0.39, 0.29) is 5.41 Å². The summed E-state index contributed by atoms with van der Waals surface area (Å²) in [5.74, 6) is 0. The predicted molar refractivity (Wildman–Crippen MR) is 74.5 cm³/mol. The Kier molecular flexibility index (Phi) is 3.06. The first-order chi connectivity index (χ1) is 8.01. The van der Waals surface area contributed by atoms with Crippen molar-refractivity contribution in [3.63, 3.8) is 0 Å². The third kappa shape index (κ3) is 2.26. The van der Waals surface area contributed by atoms with E-state index < -0.39 is 0 Å². The molecule has 0 heteroatoms. The molecule has 0 aliphatic heterocycles.